The van der Waals surface area contributed by atoms with E-state index in [0.29, 0.717) is 44.6 Å². The van der Waals surface area contributed by atoms with Crippen molar-refractivity contribution in [1.82, 2.24) is 15.5 Å². The van der Waals surface area contributed by atoms with Crippen LogP contribution < -0.4 is 10.6 Å². The van der Waals surface area contributed by atoms with Crippen LogP contribution in [-0.4, -0.2) is 59.4 Å². The molecule has 2 aliphatic rings. The Kier molecular flexibility index (Phi) is 9.32. The van der Waals surface area contributed by atoms with E-state index in [9.17, 15) is 19.2 Å². The molecule has 0 saturated heterocycles. The highest BCUT2D eigenvalue weighted by Gasteiger charge is 2.34. The van der Waals surface area contributed by atoms with E-state index in [1.165, 1.54) is 24.2 Å². The molecule has 2 saturated carbocycles. The lowest BCUT2D eigenvalue weighted by atomic mass is 9.89. The number of nitrogens with one attached hydrogen (secondary N) is 2. The molecule has 2 fully saturated rings. The highest BCUT2D eigenvalue weighted by molar-refractivity contribution is 6.38. The minimum atomic E-state index is -0.802. The van der Waals surface area contributed by atoms with Gasteiger partial charge in [0.05, 0.1) is 6.04 Å². The van der Waals surface area contributed by atoms with E-state index in [1.54, 1.807) is 6.92 Å². The second-order valence-electron chi connectivity index (χ2n) is 9.96. The van der Waals surface area contributed by atoms with Crippen LogP contribution in [-0.2, 0) is 19.1 Å². The van der Waals surface area contributed by atoms with Crippen molar-refractivity contribution in [2.24, 2.45) is 5.92 Å². The maximum Gasteiger partial charge on any atom is 0.407 e. The molecule has 0 radical (unpaired) electrons. The summed E-state index contributed by atoms with van der Waals surface area (Å²) >= 11 is 0. The van der Waals surface area contributed by atoms with Crippen molar-refractivity contribution >= 4 is 24.2 Å². The van der Waals surface area contributed by atoms with Crippen LogP contribution in [0.15, 0.2) is 0 Å². The van der Waals surface area contributed by atoms with Crippen molar-refractivity contribution in [3.05, 3.63) is 0 Å². The Morgan fingerprint density at radius 2 is 1.65 bits per heavy atom. The molecule has 3 amide bonds. The zero-order valence-corrected chi connectivity index (χ0v) is 19.4. The van der Waals surface area contributed by atoms with Gasteiger partial charge in [0.2, 0.25) is 12.2 Å². The van der Waals surface area contributed by atoms with Gasteiger partial charge in [-0.15, -0.1) is 0 Å². The summed E-state index contributed by atoms with van der Waals surface area (Å²) in [4.78, 5) is 50.1. The fourth-order valence-corrected chi connectivity index (χ4v) is 4.53. The molecular weight excluding hydrogens is 398 g/mol. The first kappa shape index (κ1) is 25.1. The summed E-state index contributed by atoms with van der Waals surface area (Å²) in [6.07, 6.45) is 8.67. The maximum absolute atomic E-state index is 12.6. The van der Waals surface area contributed by atoms with Gasteiger partial charge in [-0.05, 0) is 72.1 Å². The predicted molar refractivity (Wildman–Crippen MR) is 117 cm³/mol. The topological polar surface area (TPSA) is 105 Å². The number of carbonyl (C=O) groups excluding carboxylic acids is 4. The summed E-state index contributed by atoms with van der Waals surface area (Å²) in [6, 6.07) is -0.951. The molecular formula is C23H39N3O5. The van der Waals surface area contributed by atoms with Crippen molar-refractivity contribution in [1.29, 1.82) is 0 Å². The first-order valence-corrected chi connectivity index (χ1v) is 11.6. The standard InChI is InChI=1S/C23H39N3O5/c1-16(20(28)21(29)24-14-17-8-6-5-7-9-17)26(15-27)19-12-10-18(11-13-19)25-22(30)31-23(2,3)4/h15-19H,5-14H2,1-4H3,(H,24,29)(H,25,30). The second kappa shape index (κ2) is 11.5. The Hall–Kier alpha value is -2.12. The van der Waals surface area contributed by atoms with Gasteiger partial charge >= 0.3 is 6.09 Å². The van der Waals surface area contributed by atoms with Crippen LogP contribution in [0.25, 0.3) is 0 Å². The number of ether oxygens (including phenoxy) is 1. The number of hydrogen-bond acceptors (Lipinski definition) is 5. The summed E-state index contributed by atoms with van der Waals surface area (Å²) in [6.45, 7) is 7.58. The number of hydrogen-bond donors (Lipinski definition) is 2. The Bertz CT molecular complexity index is 632. The molecule has 176 valence electrons. The van der Waals surface area contributed by atoms with Crippen molar-refractivity contribution < 1.29 is 23.9 Å². The zero-order chi connectivity index (χ0) is 23.0. The SMILES string of the molecule is CC(C(=O)C(=O)NCC1CCCCC1)N(C=O)C1CCC(NC(=O)OC(C)(C)C)CC1. The molecule has 2 aliphatic carbocycles. The molecule has 0 spiro atoms. The summed E-state index contributed by atoms with van der Waals surface area (Å²) in [5.41, 5.74) is -0.553. The quantitative estimate of drug-likeness (QED) is 0.449. The Balaban J connectivity index is 1.80. The van der Waals surface area contributed by atoms with Gasteiger partial charge in [0.1, 0.15) is 5.60 Å². The summed E-state index contributed by atoms with van der Waals surface area (Å²) in [5.74, 6) is -0.738. The molecule has 0 aromatic rings. The monoisotopic (exact) mass is 437 g/mol. The number of nitrogens with zero attached hydrogens (tertiary/aromatic N) is 1. The van der Waals surface area contributed by atoms with Crippen LogP contribution in [0.2, 0.25) is 0 Å². The van der Waals surface area contributed by atoms with E-state index in [0.717, 1.165) is 12.8 Å². The fourth-order valence-electron chi connectivity index (χ4n) is 4.53. The van der Waals surface area contributed by atoms with E-state index < -0.39 is 29.4 Å². The van der Waals surface area contributed by atoms with E-state index in [4.69, 9.17) is 4.74 Å². The third kappa shape index (κ3) is 8.15. The zero-order valence-electron chi connectivity index (χ0n) is 19.4. The van der Waals surface area contributed by atoms with Crippen molar-refractivity contribution in [3.8, 4) is 0 Å². The van der Waals surface area contributed by atoms with Gasteiger partial charge < -0.3 is 20.3 Å². The van der Waals surface area contributed by atoms with Crippen molar-refractivity contribution in [3.63, 3.8) is 0 Å². The van der Waals surface area contributed by atoms with E-state index in [1.807, 2.05) is 20.8 Å². The molecule has 1 atom stereocenters. The molecule has 31 heavy (non-hydrogen) atoms. The van der Waals surface area contributed by atoms with Crippen LogP contribution in [0.4, 0.5) is 4.79 Å². The molecule has 0 aromatic carbocycles. The summed E-state index contributed by atoms with van der Waals surface area (Å²) in [5, 5.41) is 5.64. The largest absolute Gasteiger partial charge is 0.444 e. The smallest absolute Gasteiger partial charge is 0.407 e. The van der Waals surface area contributed by atoms with Gasteiger partial charge in [0, 0.05) is 18.6 Å². The molecule has 0 bridgehead atoms. The summed E-state index contributed by atoms with van der Waals surface area (Å²) < 4.78 is 5.29. The molecule has 0 heterocycles. The van der Waals surface area contributed by atoms with Crippen LogP contribution in [0.1, 0.15) is 85.5 Å². The Labute approximate surface area is 185 Å². The third-order valence-corrected chi connectivity index (χ3v) is 6.29. The van der Waals surface area contributed by atoms with Crippen molar-refractivity contribution in [2.45, 2.75) is 109 Å². The number of ketones is 1. The van der Waals surface area contributed by atoms with Gasteiger partial charge in [0.15, 0.2) is 0 Å². The third-order valence-electron chi connectivity index (χ3n) is 6.29. The van der Waals surface area contributed by atoms with Crippen LogP contribution >= 0.6 is 0 Å². The molecule has 8 nitrogen and oxygen atoms in total. The van der Waals surface area contributed by atoms with E-state index in [2.05, 4.69) is 10.6 Å². The molecule has 2 rings (SSSR count). The number of carbonyl (C=O) groups is 4. The lowest BCUT2D eigenvalue weighted by molar-refractivity contribution is -0.143. The molecule has 8 heteroatoms. The first-order valence-electron chi connectivity index (χ1n) is 11.6. The van der Waals surface area contributed by atoms with Crippen molar-refractivity contribution in [2.75, 3.05) is 6.54 Å². The lowest BCUT2D eigenvalue weighted by Crippen LogP contribution is -2.52. The van der Waals surface area contributed by atoms with Gasteiger partial charge in [-0.2, -0.15) is 0 Å². The van der Waals surface area contributed by atoms with Gasteiger partial charge in [-0.3, -0.25) is 14.4 Å². The van der Waals surface area contributed by atoms with E-state index in [-0.39, 0.29) is 12.1 Å². The van der Waals surface area contributed by atoms with Crippen LogP contribution in [0.5, 0.6) is 0 Å². The number of rotatable bonds is 8. The number of alkyl carbamates (subject to hydrolysis) is 1. The Morgan fingerprint density at radius 1 is 1.03 bits per heavy atom. The number of amides is 3. The summed E-state index contributed by atoms with van der Waals surface area (Å²) in [7, 11) is 0. The van der Waals surface area contributed by atoms with Crippen LogP contribution in [0, 0.1) is 5.92 Å². The van der Waals surface area contributed by atoms with Gasteiger partial charge in [-0.25, -0.2) is 4.79 Å². The highest BCUT2D eigenvalue weighted by Crippen LogP contribution is 2.25. The molecule has 0 aliphatic heterocycles. The first-order chi connectivity index (χ1) is 14.6. The average Bonchev–Trinajstić information content (AvgIpc) is 2.72. The Morgan fingerprint density at radius 3 is 2.19 bits per heavy atom. The molecule has 2 N–H and O–H groups in total. The predicted octanol–water partition coefficient (Wildman–Crippen LogP) is 2.93. The molecule has 1 unspecified atom stereocenters. The minimum absolute atomic E-state index is 0.0237. The second-order valence-corrected chi connectivity index (χ2v) is 9.96. The normalized spacial score (nSPS) is 23.4. The van der Waals surface area contributed by atoms with Gasteiger partial charge in [-0.1, -0.05) is 19.3 Å². The average molecular weight is 438 g/mol. The van der Waals surface area contributed by atoms with Crippen LogP contribution in [0.3, 0.4) is 0 Å². The maximum atomic E-state index is 12.6. The molecule has 0 aromatic heterocycles. The minimum Gasteiger partial charge on any atom is -0.444 e. The number of Topliss-reactive ketones (excluding diaryl/α,β-unsaturated/α-hetero) is 1. The fraction of sp³-hybridized carbons (Fsp3) is 0.826. The van der Waals surface area contributed by atoms with E-state index >= 15 is 0 Å². The highest BCUT2D eigenvalue weighted by atomic mass is 16.6. The lowest BCUT2D eigenvalue weighted by Gasteiger charge is -2.37. The van der Waals surface area contributed by atoms with Gasteiger partial charge in [0.25, 0.3) is 5.91 Å².